The van der Waals surface area contributed by atoms with Crippen LogP contribution in [-0.2, 0) is 20.7 Å². The van der Waals surface area contributed by atoms with E-state index in [-0.39, 0.29) is 18.2 Å². The molecule has 230 valence electrons. The van der Waals surface area contributed by atoms with Gasteiger partial charge in [-0.25, -0.2) is 4.79 Å². The lowest BCUT2D eigenvalue weighted by Gasteiger charge is -2.35. The molecule has 0 spiro atoms. The number of ether oxygens (including phenoxy) is 2. The second-order valence-electron chi connectivity index (χ2n) is 11.7. The Morgan fingerprint density at radius 1 is 0.907 bits per heavy atom. The van der Waals surface area contributed by atoms with Crippen LogP contribution in [0, 0.1) is 6.92 Å². The topological polar surface area (TPSA) is 97.0 Å². The molecule has 0 aliphatic heterocycles. The number of benzene rings is 3. The van der Waals surface area contributed by atoms with Crippen molar-refractivity contribution in [2.45, 2.75) is 78.0 Å². The molecule has 0 bridgehead atoms. The third-order valence-electron chi connectivity index (χ3n) is 6.83. The molecule has 0 heterocycles. The lowest BCUT2D eigenvalue weighted by atomic mass is 9.98. The van der Waals surface area contributed by atoms with Crippen LogP contribution in [0.5, 0.6) is 5.75 Å². The van der Waals surface area contributed by atoms with Gasteiger partial charge in [0.2, 0.25) is 5.91 Å². The fourth-order valence-corrected chi connectivity index (χ4v) is 4.80. The van der Waals surface area contributed by atoms with Gasteiger partial charge in [-0.15, -0.1) is 0 Å². The van der Waals surface area contributed by atoms with Gasteiger partial charge in [-0.05, 0) is 69.5 Å². The van der Waals surface area contributed by atoms with E-state index in [0.717, 1.165) is 24.0 Å². The summed E-state index contributed by atoms with van der Waals surface area (Å²) in [6.07, 6.45) is 2.07. The molecule has 0 saturated carbocycles. The largest absolute Gasteiger partial charge is 0.497 e. The van der Waals surface area contributed by atoms with Crippen molar-refractivity contribution < 1.29 is 23.9 Å². The minimum atomic E-state index is -0.958. The maximum absolute atomic E-state index is 14.5. The van der Waals surface area contributed by atoms with Crippen molar-refractivity contribution in [3.63, 3.8) is 0 Å². The Labute approximate surface area is 255 Å². The number of unbranched alkanes of at least 4 members (excludes halogenated alkanes) is 2. The average molecular weight is 588 g/mol. The molecule has 2 unspecified atom stereocenters. The van der Waals surface area contributed by atoms with E-state index in [2.05, 4.69) is 17.6 Å². The number of amides is 3. The first kappa shape index (κ1) is 33.2. The lowest BCUT2D eigenvalue weighted by Crippen LogP contribution is -2.53. The Bertz CT molecular complexity index is 1340. The maximum atomic E-state index is 14.5. The highest BCUT2D eigenvalue weighted by Gasteiger charge is 2.36. The van der Waals surface area contributed by atoms with E-state index in [0.29, 0.717) is 30.0 Å². The van der Waals surface area contributed by atoms with E-state index in [4.69, 9.17) is 9.47 Å². The Morgan fingerprint density at radius 2 is 1.60 bits per heavy atom. The molecule has 3 aromatic rings. The minimum Gasteiger partial charge on any atom is -0.497 e. The number of carbonyl (C=O) groups is 3. The summed E-state index contributed by atoms with van der Waals surface area (Å²) < 4.78 is 10.8. The van der Waals surface area contributed by atoms with E-state index in [1.807, 2.05) is 61.5 Å². The van der Waals surface area contributed by atoms with Crippen molar-refractivity contribution in [1.82, 2.24) is 10.2 Å². The number of hydrogen-bond acceptors (Lipinski definition) is 5. The van der Waals surface area contributed by atoms with Gasteiger partial charge in [-0.2, -0.15) is 0 Å². The number of hydrogen-bond donors (Lipinski definition) is 2. The molecule has 43 heavy (non-hydrogen) atoms. The third-order valence-corrected chi connectivity index (χ3v) is 6.83. The van der Waals surface area contributed by atoms with Gasteiger partial charge in [0.25, 0.3) is 5.91 Å². The summed E-state index contributed by atoms with van der Waals surface area (Å²) in [6, 6.07) is 22.3. The number of alkyl carbamates (subject to hydrolysis) is 1. The highest BCUT2D eigenvalue weighted by molar-refractivity contribution is 5.99. The van der Waals surface area contributed by atoms with Crippen molar-refractivity contribution >= 4 is 23.6 Å². The molecular formula is C35H45N3O5. The van der Waals surface area contributed by atoms with E-state index in [1.165, 1.54) is 0 Å². The minimum absolute atomic E-state index is 0.240. The monoisotopic (exact) mass is 587 g/mol. The summed E-state index contributed by atoms with van der Waals surface area (Å²) in [5.74, 6) is -0.0416. The molecule has 0 aliphatic rings. The Kier molecular flexibility index (Phi) is 12.2. The predicted molar refractivity (Wildman–Crippen MR) is 170 cm³/mol. The number of anilines is 1. The molecule has 8 heteroatoms. The van der Waals surface area contributed by atoms with Gasteiger partial charge in [0, 0.05) is 18.7 Å². The number of rotatable bonds is 13. The number of nitrogens with one attached hydrogen (secondary N) is 2. The van der Waals surface area contributed by atoms with E-state index in [1.54, 1.807) is 57.0 Å². The van der Waals surface area contributed by atoms with Crippen molar-refractivity contribution in [3.8, 4) is 5.75 Å². The maximum Gasteiger partial charge on any atom is 0.408 e. The SMILES string of the molecule is CCCCCN(C(=O)C(Cc1ccccc1)NC(=O)OC(C)(C)C)C(C(=O)Nc1ccc(OC)cc1)c1cccc(C)c1. The molecule has 0 radical (unpaired) electrons. The van der Waals surface area contributed by atoms with Gasteiger partial charge >= 0.3 is 6.09 Å². The van der Waals surface area contributed by atoms with Crippen LogP contribution < -0.4 is 15.4 Å². The standard InChI is InChI=1S/C35H45N3O5/c1-7-8-12-22-38(33(40)30(24-26-15-10-9-11-16-26)37-34(41)43-35(3,4)5)31(27-17-13-14-25(2)23-27)32(39)36-28-18-20-29(42-6)21-19-28/h9-11,13-21,23,30-31H,7-8,12,22,24H2,1-6H3,(H,36,39)(H,37,41). The molecule has 3 aromatic carbocycles. The van der Waals surface area contributed by atoms with Crippen molar-refractivity contribution in [1.29, 1.82) is 0 Å². The number of aryl methyl sites for hydroxylation is 1. The molecule has 0 fully saturated rings. The molecule has 0 aliphatic carbocycles. The van der Waals surface area contributed by atoms with Crippen LogP contribution in [0.1, 0.15) is 69.7 Å². The van der Waals surface area contributed by atoms with Crippen LogP contribution in [0.25, 0.3) is 0 Å². The third kappa shape index (κ3) is 10.5. The van der Waals surface area contributed by atoms with Gasteiger partial charge in [-0.1, -0.05) is 79.9 Å². The molecule has 2 N–H and O–H groups in total. The molecule has 2 atom stereocenters. The first-order valence-corrected chi connectivity index (χ1v) is 14.9. The van der Waals surface area contributed by atoms with Gasteiger partial charge in [0.1, 0.15) is 23.4 Å². The molecule has 8 nitrogen and oxygen atoms in total. The first-order valence-electron chi connectivity index (χ1n) is 14.9. The predicted octanol–water partition coefficient (Wildman–Crippen LogP) is 6.84. The van der Waals surface area contributed by atoms with Crippen molar-refractivity contribution in [3.05, 3.63) is 95.6 Å². The molecule has 0 aromatic heterocycles. The van der Waals surface area contributed by atoms with Crippen LogP contribution in [0.4, 0.5) is 10.5 Å². The van der Waals surface area contributed by atoms with Crippen molar-refractivity contribution in [2.75, 3.05) is 19.0 Å². The van der Waals surface area contributed by atoms with Crippen LogP contribution in [0.3, 0.4) is 0 Å². The van der Waals surface area contributed by atoms with Gasteiger partial charge in [0.05, 0.1) is 7.11 Å². The summed E-state index contributed by atoms with van der Waals surface area (Å²) >= 11 is 0. The fourth-order valence-electron chi connectivity index (χ4n) is 4.80. The second-order valence-corrected chi connectivity index (χ2v) is 11.7. The zero-order valence-corrected chi connectivity index (χ0v) is 26.2. The van der Waals surface area contributed by atoms with E-state index in [9.17, 15) is 14.4 Å². The Morgan fingerprint density at radius 3 is 2.21 bits per heavy atom. The first-order chi connectivity index (χ1) is 20.5. The van der Waals surface area contributed by atoms with Gasteiger partial charge in [0.15, 0.2) is 0 Å². The van der Waals surface area contributed by atoms with E-state index >= 15 is 0 Å². The summed E-state index contributed by atoms with van der Waals surface area (Å²) in [6.45, 7) is 9.69. The molecule has 0 saturated heterocycles. The second kappa shape index (κ2) is 15.8. The highest BCUT2D eigenvalue weighted by Crippen LogP contribution is 2.27. The lowest BCUT2D eigenvalue weighted by molar-refractivity contribution is -0.140. The number of methoxy groups -OCH3 is 1. The summed E-state index contributed by atoms with van der Waals surface area (Å²) in [4.78, 5) is 43.2. The van der Waals surface area contributed by atoms with Crippen LogP contribution in [-0.4, -0.2) is 48.1 Å². The smallest absolute Gasteiger partial charge is 0.408 e. The summed E-state index contributed by atoms with van der Waals surface area (Å²) in [5.41, 5.74) is 2.37. The quantitative estimate of drug-likeness (QED) is 0.214. The molecule has 3 amide bonds. The van der Waals surface area contributed by atoms with Crippen molar-refractivity contribution in [2.24, 2.45) is 0 Å². The summed E-state index contributed by atoms with van der Waals surface area (Å²) in [5, 5.41) is 5.81. The van der Waals surface area contributed by atoms with Crippen LogP contribution in [0.2, 0.25) is 0 Å². The average Bonchev–Trinajstić information content (AvgIpc) is 2.96. The van der Waals surface area contributed by atoms with Crippen LogP contribution in [0.15, 0.2) is 78.9 Å². The zero-order chi connectivity index (χ0) is 31.4. The number of carbonyl (C=O) groups excluding carboxylic acids is 3. The molecular weight excluding hydrogens is 542 g/mol. The van der Waals surface area contributed by atoms with Gasteiger partial charge in [-0.3, -0.25) is 9.59 Å². The fraction of sp³-hybridized carbons (Fsp3) is 0.400. The molecule has 3 rings (SSSR count). The Hall–Kier alpha value is -4.33. The number of nitrogens with zero attached hydrogens (tertiary/aromatic N) is 1. The summed E-state index contributed by atoms with van der Waals surface area (Å²) in [7, 11) is 1.58. The highest BCUT2D eigenvalue weighted by atomic mass is 16.6. The zero-order valence-electron chi connectivity index (χ0n) is 26.2. The van der Waals surface area contributed by atoms with E-state index < -0.39 is 23.8 Å². The normalized spacial score (nSPS) is 12.5. The van der Waals surface area contributed by atoms with Gasteiger partial charge < -0.3 is 25.0 Å². The Balaban J connectivity index is 2.05. The van der Waals surface area contributed by atoms with Crippen LogP contribution >= 0.6 is 0 Å².